The van der Waals surface area contributed by atoms with Crippen molar-refractivity contribution in [2.75, 3.05) is 4.72 Å². The summed E-state index contributed by atoms with van der Waals surface area (Å²) in [4.78, 5) is -1.40. The summed E-state index contributed by atoms with van der Waals surface area (Å²) in [6.45, 7) is 0. The minimum Gasteiger partial charge on any atom is -0.280 e. The number of rotatable bonds is 4. The largest absolute Gasteiger partial charge is 0.475 e. The quantitative estimate of drug-likeness (QED) is 0.821. The number of anilines is 1. The second kappa shape index (κ2) is 6.48. The molecule has 0 bridgehead atoms. The first-order valence-corrected chi connectivity index (χ1v) is 8.70. The van der Waals surface area contributed by atoms with Crippen molar-refractivity contribution in [1.82, 2.24) is 0 Å². The van der Waals surface area contributed by atoms with Crippen molar-refractivity contribution in [3.63, 3.8) is 0 Å². The van der Waals surface area contributed by atoms with E-state index < -0.39 is 47.8 Å². The van der Waals surface area contributed by atoms with Gasteiger partial charge in [0.25, 0.3) is 10.0 Å². The molecule has 2 rings (SSSR count). The molecule has 24 heavy (non-hydrogen) atoms. The van der Waals surface area contributed by atoms with Gasteiger partial charge in [0, 0.05) is 16.6 Å². The van der Waals surface area contributed by atoms with Gasteiger partial charge in [-0.1, -0.05) is 0 Å². The lowest BCUT2D eigenvalue weighted by Gasteiger charge is -2.10. The van der Waals surface area contributed by atoms with E-state index in [1.165, 1.54) is 0 Å². The van der Waals surface area contributed by atoms with Crippen LogP contribution in [-0.2, 0) is 20.8 Å². The van der Waals surface area contributed by atoms with Crippen LogP contribution in [0.25, 0.3) is 0 Å². The molecule has 0 saturated carbocycles. The van der Waals surface area contributed by atoms with Crippen molar-refractivity contribution in [2.24, 2.45) is 0 Å². The summed E-state index contributed by atoms with van der Waals surface area (Å²) in [5.41, 5.74) is -5.13. The molecule has 0 aliphatic carbocycles. The minimum absolute atomic E-state index is 0.179. The average molecular weight is 385 g/mol. The van der Waals surface area contributed by atoms with Gasteiger partial charge in [-0.15, -0.1) is 0 Å². The Morgan fingerprint density at radius 3 is 2.04 bits per heavy atom. The molecule has 0 amide bonds. The first-order chi connectivity index (χ1) is 11.0. The molecule has 0 aliphatic heterocycles. The SMILES string of the molecule is O=S(c1ccc(NS(=O)(=O)c2ccc(F)cc2F)cc1)C(F)(F)F. The molecule has 11 heteroatoms. The highest BCUT2D eigenvalue weighted by molar-refractivity contribution is 7.92. The zero-order chi connectivity index (χ0) is 18.1. The molecule has 0 fully saturated rings. The molecule has 2 aromatic rings. The Kier molecular flexibility index (Phi) is 4.95. The Morgan fingerprint density at radius 1 is 0.958 bits per heavy atom. The monoisotopic (exact) mass is 385 g/mol. The fraction of sp³-hybridized carbons (Fsp3) is 0.0769. The van der Waals surface area contributed by atoms with E-state index in [9.17, 15) is 34.6 Å². The summed E-state index contributed by atoms with van der Waals surface area (Å²) in [5, 5.41) is 0. The van der Waals surface area contributed by atoms with Crippen molar-refractivity contribution in [1.29, 1.82) is 0 Å². The van der Waals surface area contributed by atoms with E-state index in [-0.39, 0.29) is 5.69 Å². The Hall–Kier alpha value is -2.01. The van der Waals surface area contributed by atoms with Crippen LogP contribution >= 0.6 is 0 Å². The maximum Gasteiger partial charge on any atom is 0.475 e. The summed E-state index contributed by atoms with van der Waals surface area (Å²) >= 11 is 0. The number of sulfonamides is 1. The van der Waals surface area contributed by atoms with Gasteiger partial charge in [0.15, 0.2) is 10.8 Å². The highest BCUT2D eigenvalue weighted by Crippen LogP contribution is 2.27. The molecule has 1 N–H and O–H groups in total. The maximum absolute atomic E-state index is 13.5. The topological polar surface area (TPSA) is 63.2 Å². The van der Waals surface area contributed by atoms with Crippen molar-refractivity contribution >= 4 is 26.5 Å². The second-order valence-corrected chi connectivity index (χ2v) is 7.54. The lowest BCUT2D eigenvalue weighted by molar-refractivity contribution is -0.0384. The predicted octanol–water partition coefficient (Wildman–Crippen LogP) is 3.39. The zero-order valence-electron chi connectivity index (χ0n) is 11.5. The number of hydrogen-bond donors (Lipinski definition) is 1. The van der Waals surface area contributed by atoms with Gasteiger partial charge in [0.05, 0.1) is 0 Å². The predicted molar refractivity (Wildman–Crippen MR) is 76.1 cm³/mol. The third-order valence-corrected chi connectivity index (χ3v) is 5.25. The molecule has 0 heterocycles. The Labute approximate surface area is 135 Å². The van der Waals surface area contributed by atoms with Crippen LogP contribution in [0.3, 0.4) is 0 Å². The first-order valence-electron chi connectivity index (χ1n) is 6.07. The van der Waals surface area contributed by atoms with Crippen LogP contribution in [0.2, 0.25) is 0 Å². The smallest absolute Gasteiger partial charge is 0.280 e. The molecule has 1 atom stereocenters. The van der Waals surface area contributed by atoms with Crippen molar-refractivity contribution in [3.05, 3.63) is 54.1 Å². The molecule has 130 valence electrons. The molecular weight excluding hydrogens is 377 g/mol. The Bertz CT molecular complexity index is 879. The molecule has 0 spiro atoms. The molecule has 4 nitrogen and oxygen atoms in total. The summed E-state index contributed by atoms with van der Waals surface area (Å²) in [6, 6.07) is 5.36. The van der Waals surface area contributed by atoms with Crippen LogP contribution < -0.4 is 4.72 Å². The highest BCUT2D eigenvalue weighted by Gasteiger charge is 2.37. The summed E-state index contributed by atoms with van der Waals surface area (Å²) in [6.07, 6.45) is 0. The van der Waals surface area contributed by atoms with Gasteiger partial charge in [0.1, 0.15) is 16.5 Å². The van der Waals surface area contributed by atoms with Crippen molar-refractivity contribution < 1.29 is 34.6 Å². The van der Waals surface area contributed by atoms with Gasteiger partial charge < -0.3 is 0 Å². The number of benzene rings is 2. The summed E-state index contributed by atoms with van der Waals surface area (Å²) in [7, 11) is -7.67. The highest BCUT2D eigenvalue weighted by atomic mass is 32.2. The third-order valence-electron chi connectivity index (χ3n) is 2.71. The molecule has 0 aliphatic rings. The molecule has 0 aromatic heterocycles. The van der Waals surface area contributed by atoms with Crippen LogP contribution in [0.15, 0.2) is 52.3 Å². The average Bonchev–Trinajstić information content (AvgIpc) is 2.45. The third kappa shape index (κ3) is 4.09. The number of nitrogens with one attached hydrogen (secondary N) is 1. The van der Waals surface area contributed by atoms with E-state index in [0.29, 0.717) is 12.1 Å². The number of halogens is 5. The van der Waals surface area contributed by atoms with Crippen LogP contribution in [0, 0.1) is 11.6 Å². The van der Waals surface area contributed by atoms with E-state index >= 15 is 0 Å². The Balaban J connectivity index is 2.26. The normalized spacial score (nSPS) is 13.5. The van der Waals surface area contributed by atoms with E-state index in [4.69, 9.17) is 0 Å². The van der Waals surface area contributed by atoms with Crippen LogP contribution in [0.4, 0.5) is 27.6 Å². The standard InChI is InChI=1S/C13H8F5NO3S2/c14-8-1-6-12(11(15)7-8)24(21,22)19-9-2-4-10(5-3-9)23(20)13(16,17)18/h1-7,19H. The van der Waals surface area contributed by atoms with E-state index in [0.717, 1.165) is 30.3 Å². The van der Waals surface area contributed by atoms with Gasteiger partial charge in [0.2, 0.25) is 0 Å². The molecule has 0 radical (unpaired) electrons. The van der Waals surface area contributed by atoms with Crippen LogP contribution in [-0.4, -0.2) is 18.1 Å². The molecular formula is C13H8F5NO3S2. The first kappa shape index (κ1) is 18.3. The van der Waals surface area contributed by atoms with Crippen LogP contribution in [0.1, 0.15) is 0 Å². The summed E-state index contributed by atoms with van der Waals surface area (Å²) < 4.78 is 100. The lowest BCUT2D eigenvalue weighted by Crippen LogP contribution is -2.17. The van der Waals surface area contributed by atoms with Gasteiger partial charge in [-0.05, 0) is 36.4 Å². The van der Waals surface area contributed by atoms with E-state index in [1.807, 2.05) is 4.72 Å². The van der Waals surface area contributed by atoms with Gasteiger partial charge in [-0.3, -0.25) is 4.72 Å². The van der Waals surface area contributed by atoms with Gasteiger partial charge in [-0.2, -0.15) is 13.2 Å². The van der Waals surface area contributed by atoms with Crippen molar-refractivity contribution in [2.45, 2.75) is 15.3 Å². The molecule has 0 saturated heterocycles. The van der Waals surface area contributed by atoms with E-state index in [1.54, 1.807) is 0 Å². The lowest BCUT2D eigenvalue weighted by atomic mass is 10.3. The van der Waals surface area contributed by atoms with Crippen molar-refractivity contribution in [3.8, 4) is 0 Å². The molecule has 2 aromatic carbocycles. The fourth-order valence-electron chi connectivity index (χ4n) is 1.68. The number of alkyl halides is 3. The van der Waals surface area contributed by atoms with Crippen LogP contribution in [0.5, 0.6) is 0 Å². The zero-order valence-corrected chi connectivity index (χ0v) is 13.1. The maximum atomic E-state index is 13.5. The summed E-state index contributed by atoms with van der Waals surface area (Å²) in [5.74, 6) is -2.29. The molecule has 1 unspecified atom stereocenters. The second-order valence-electron chi connectivity index (χ2n) is 4.42. The van der Waals surface area contributed by atoms with Gasteiger partial charge >= 0.3 is 5.51 Å². The minimum atomic E-state index is -4.95. The van der Waals surface area contributed by atoms with Gasteiger partial charge in [-0.25, -0.2) is 21.4 Å². The number of hydrogen-bond acceptors (Lipinski definition) is 3. The van der Waals surface area contributed by atoms with E-state index in [2.05, 4.69) is 0 Å². The fourth-order valence-corrected chi connectivity index (χ4v) is 3.45. The Morgan fingerprint density at radius 2 is 1.54 bits per heavy atom.